The molecular weight excluding hydrogens is 460 g/mol. The summed E-state index contributed by atoms with van der Waals surface area (Å²) in [6.07, 6.45) is 4.53. The van der Waals surface area contributed by atoms with E-state index in [9.17, 15) is 4.79 Å². The number of ether oxygens (including phenoxy) is 2. The fourth-order valence-corrected chi connectivity index (χ4v) is 4.61. The molecule has 35 heavy (non-hydrogen) atoms. The van der Waals surface area contributed by atoms with Crippen molar-refractivity contribution < 1.29 is 14.3 Å². The van der Waals surface area contributed by atoms with Gasteiger partial charge in [-0.2, -0.15) is 15.1 Å². The van der Waals surface area contributed by atoms with Crippen LogP contribution in [0.1, 0.15) is 57.1 Å². The number of amidine groups is 2. The van der Waals surface area contributed by atoms with Crippen LogP contribution in [-0.4, -0.2) is 40.2 Å². The Hall–Kier alpha value is -3.39. The number of aliphatic imine (C=N–C) groups is 1. The van der Waals surface area contributed by atoms with Gasteiger partial charge in [-0.25, -0.2) is 0 Å². The van der Waals surface area contributed by atoms with Gasteiger partial charge in [0.05, 0.1) is 5.57 Å². The predicted molar refractivity (Wildman–Crippen MR) is 142 cm³/mol. The molecule has 182 valence electrons. The molecule has 4 rings (SSSR count). The number of fused-ring (bicyclic) bond motifs is 1. The lowest BCUT2D eigenvalue weighted by Gasteiger charge is -2.20. The van der Waals surface area contributed by atoms with Gasteiger partial charge in [-0.3, -0.25) is 10.2 Å². The first-order valence-electron chi connectivity index (χ1n) is 11.9. The fraction of sp³-hybridized carbons (Fsp3) is 0.333. The van der Waals surface area contributed by atoms with E-state index in [1.54, 1.807) is 6.08 Å². The van der Waals surface area contributed by atoms with Gasteiger partial charge >= 0.3 is 0 Å². The molecule has 2 aromatic carbocycles. The average molecular weight is 491 g/mol. The summed E-state index contributed by atoms with van der Waals surface area (Å²) in [5.41, 5.74) is 2.32. The zero-order valence-corrected chi connectivity index (χ0v) is 21.1. The third-order valence-electron chi connectivity index (χ3n) is 5.83. The Balaban J connectivity index is 1.30. The van der Waals surface area contributed by atoms with E-state index >= 15 is 0 Å². The molecule has 7 nitrogen and oxygen atoms in total. The summed E-state index contributed by atoms with van der Waals surface area (Å²) < 4.78 is 11.6. The SMILES string of the molecule is CCCC1=NN2C(=N)/C(=C/c3ccc(OCCOc4ccc([C@H](C)CC)cc4)cc3)C(=O)N=C2S1. The first-order chi connectivity index (χ1) is 17.0. The van der Waals surface area contributed by atoms with Crippen molar-refractivity contribution in [1.29, 1.82) is 5.41 Å². The van der Waals surface area contributed by atoms with Crippen LogP contribution in [0, 0.1) is 5.41 Å². The number of nitrogens with one attached hydrogen (secondary N) is 1. The minimum absolute atomic E-state index is 0.0493. The predicted octanol–water partition coefficient (Wildman–Crippen LogP) is 6.08. The van der Waals surface area contributed by atoms with Crippen molar-refractivity contribution >= 4 is 39.8 Å². The average Bonchev–Trinajstić information content (AvgIpc) is 3.28. The van der Waals surface area contributed by atoms with Crippen LogP contribution in [0.3, 0.4) is 0 Å². The summed E-state index contributed by atoms with van der Waals surface area (Å²) in [5.74, 6) is 1.71. The number of amides is 1. The molecule has 0 aliphatic carbocycles. The van der Waals surface area contributed by atoms with Crippen LogP contribution in [0.2, 0.25) is 0 Å². The second-order valence-corrected chi connectivity index (χ2v) is 9.45. The first-order valence-corrected chi connectivity index (χ1v) is 12.7. The van der Waals surface area contributed by atoms with E-state index in [1.807, 2.05) is 36.4 Å². The number of hydrogen-bond donors (Lipinski definition) is 1. The smallest absolute Gasteiger partial charge is 0.283 e. The number of carbonyl (C=O) groups is 1. The quantitative estimate of drug-likeness (QED) is 0.322. The molecule has 0 spiro atoms. The van der Waals surface area contributed by atoms with Crippen molar-refractivity contribution in [3.8, 4) is 11.5 Å². The number of rotatable bonds is 10. The lowest BCUT2D eigenvalue weighted by Crippen LogP contribution is -2.35. The summed E-state index contributed by atoms with van der Waals surface area (Å²) in [4.78, 5) is 16.6. The lowest BCUT2D eigenvalue weighted by molar-refractivity contribution is -0.114. The second-order valence-electron chi connectivity index (χ2n) is 8.41. The topological polar surface area (TPSA) is 87.3 Å². The van der Waals surface area contributed by atoms with Crippen molar-refractivity contribution in [3.05, 3.63) is 65.2 Å². The molecule has 2 heterocycles. The number of hydrogen-bond acceptors (Lipinski definition) is 6. The maximum Gasteiger partial charge on any atom is 0.283 e. The van der Waals surface area contributed by atoms with E-state index in [-0.39, 0.29) is 11.4 Å². The van der Waals surface area contributed by atoms with Gasteiger partial charge in [0.2, 0.25) is 5.17 Å². The molecule has 0 aromatic heterocycles. The van der Waals surface area contributed by atoms with E-state index in [0.717, 1.165) is 35.6 Å². The molecule has 2 aliphatic rings. The summed E-state index contributed by atoms with van der Waals surface area (Å²) >= 11 is 1.36. The van der Waals surface area contributed by atoms with Crippen molar-refractivity contribution in [2.45, 2.75) is 46.0 Å². The minimum atomic E-state index is -0.420. The van der Waals surface area contributed by atoms with Crippen molar-refractivity contribution in [2.24, 2.45) is 10.1 Å². The molecule has 2 aromatic rings. The highest BCUT2D eigenvalue weighted by Gasteiger charge is 2.35. The number of hydrazone groups is 1. The first kappa shape index (κ1) is 24.7. The van der Waals surface area contributed by atoms with E-state index < -0.39 is 5.91 Å². The van der Waals surface area contributed by atoms with Crippen molar-refractivity contribution in [2.75, 3.05) is 13.2 Å². The van der Waals surface area contributed by atoms with Gasteiger partial charge < -0.3 is 9.47 Å². The third kappa shape index (κ3) is 6.00. The Kier molecular flexibility index (Phi) is 8.02. The van der Waals surface area contributed by atoms with Crippen molar-refractivity contribution in [1.82, 2.24) is 5.01 Å². The van der Waals surface area contributed by atoms with Gasteiger partial charge in [-0.05, 0) is 78.4 Å². The molecule has 2 aliphatic heterocycles. The number of thioether (sulfide) groups is 1. The van der Waals surface area contributed by atoms with Crippen LogP contribution in [0.25, 0.3) is 6.08 Å². The number of benzene rings is 2. The minimum Gasteiger partial charge on any atom is -0.490 e. The van der Waals surface area contributed by atoms with E-state index in [4.69, 9.17) is 14.9 Å². The summed E-state index contributed by atoms with van der Waals surface area (Å²) in [7, 11) is 0. The maximum absolute atomic E-state index is 12.5. The van der Waals surface area contributed by atoms with Crippen LogP contribution >= 0.6 is 11.8 Å². The molecule has 0 fully saturated rings. The standard InChI is InChI=1S/C27H30N4O3S/c1-4-6-24-30-31-25(28)23(26(32)29-27(31)35-24)17-19-7-11-21(12-8-19)33-15-16-34-22-13-9-20(10-14-22)18(3)5-2/h7-14,17-18,28H,4-6,15-16H2,1-3H3/b23-17-,28-25?/t18-/m1/s1. The lowest BCUT2D eigenvalue weighted by atomic mass is 9.99. The summed E-state index contributed by atoms with van der Waals surface area (Å²) in [5, 5.41) is 15.6. The Morgan fingerprint density at radius 1 is 1.03 bits per heavy atom. The zero-order valence-electron chi connectivity index (χ0n) is 20.3. The van der Waals surface area contributed by atoms with Crippen LogP contribution in [-0.2, 0) is 4.79 Å². The normalized spacial score (nSPS) is 17.2. The monoisotopic (exact) mass is 490 g/mol. The highest BCUT2D eigenvalue weighted by atomic mass is 32.2. The highest BCUT2D eigenvalue weighted by Crippen LogP contribution is 2.30. The van der Waals surface area contributed by atoms with Gasteiger partial charge in [0, 0.05) is 0 Å². The Bertz CT molecular complexity index is 1170. The Morgan fingerprint density at radius 2 is 1.66 bits per heavy atom. The molecule has 1 amide bonds. The largest absolute Gasteiger partial charge is 0.490 e. The molecule has 0 unspecified atom stereocenters. The fourth-order valence-electron chi connectivity index (χ4n) is 3.62. The van der Waals surface area contributed by atoms with Gasteiger partial charge in [0.25, 0.3) is 5.91 Å². The molecule has 0 radical (unpaired) electrons. The van der Waals surface area contributed by atoms with E-state index in [2.05, 4.69) is 43.0 Å². The summed E-state index contributed by atoms with van der Waals surface area (Å²) in [6.45, 7) is 7.33. The molecule has 1 atom stereocenters. The van der Waals surface area contributed by atoms with Gasteiger partial charge in [0.1, 0.15) is 29.8 Å². The Morgan fingerprint density at radius 3 is 2.26 bits per heavy atom. The van der Waals surface area contributed by atoms with Gasteiger partial charge in [-0.1, -0.05) is 45.0 Å². The molecule has 0 saturated heterocycles. The molecule has 0 saturated carbocycles. The Labute approximate surface area is 210 Å². The van der Waals surface area contributed by atoms with Crippen molar-refractivity contribution in [3.63, 3.8) is 0 Å². The van der Waals surface area contributed by atoms with Crippen LogP contribution in [0.5, 0.6) is 11.5 Å². The van der Waals surface area contributed by atoms with E-state index in [0.29, 0.717) is 30.0 Å². The second kappa shape index (κ2) is 11.4. The van der Waals surface area contributed by atoms with Crippen LogP contribution in [0.15, 0.2) is 64.2 Å². The van der Waals surface area contributed by atoms with Crippen LogP contribution in [0.4, 0.5) is 0 Å². The molecule has 1 N–H and O–H groups in total. The molecular formula is C27H30N4O3S. The van der Waals surface area contributed by atoms with Gasteiger partial charge in [-0.15, -0.1) is 0 Å². The van der Waals surface area contributed by atoms with Gasteiger partial charge in [0.15, 0.2) is 5.84 Å². The number of nitrogens with zero attached hydrogens (tertiary/aromatic N) is 3. The van der Waals surface area contributed by atoms with E-state index in [1.165, 1.54) is 22.3 Å². The number of carbonyl (C=O) groups excluding carboxylic acids is 1. The van der Waals surface area contributed by atoms with Crippen LogP contribution < -0.4 is 9.47 Å². The third-order valence-corrected chi connectivity index (χ3v) is 6.80. The maximum atomic E-state index is 12.5. The summed E-state index contributed by atoms with van der Waals surface area (Å²) in [6, 6.07) is 15.6. The highest BCUT2D eigenvalue weighted by molar-refractivity contribution is 8.26. The molecule has 8 heteroatoms. The molecule has 0 bridgehead atoms. The zero-order chi connectivity index (χ0) is 24.8.